The third-order valence-corrected chi connectivity index (χ3v) is 1.23. The Morgan fingerprint density at radius 2 is 2.29 bits per heavy atom. The maximum absolute atomic E-state index is 12.0. The van der Waals surface area contributed by atoms with Crippen LogP contribution >= 0.6 is 0 Å². The van der Waals surface area contributed by atoms with Crippen LogP contribution in [0.4, 0.5) is 18.0 Å². The average Bonchev–Trinajstić information content (AvgIpc) is 2.51. The van der Waals surface area contributed by atoms with Gasteiger partial charge in [-0.25, -0.2) is 9.78 Å². The van der Waals surface area contributed by atoms with Gasteiger partial charge in [0.15, 0.2) is 0 Å². The zero-order chi connectivity index (χ0) is 10.8. The fraction of sp³-hybridized carbons (Fsp3) is 0.333. The molecule has 0 radical (unpaired) electrons. The number of nitrogens with one attached hydrogen (secondary N) is 2. The Kier molecular flexibility index (Phi) is 2.63. The van der Waals surface area contributed by atoms with Gasteiger partial charge in [0, 0.05) is 7.05 Å². The molecule has 5 nitrogen and oxygen atoms in total. The molecular formula is C6H6F3N3O2. The van der Waals surface area contributed by atoms with Gasteiger partial charge in [0.1, 0.15) is 0 Å². The van der Waals surface area contributed by atoms with Crippen LogP contribution in [0.1, 0.15) is 5.82 Å². The Hall–Kier alpha value is -1.73. The number of amides is 1. The predicted molar refractivity (Wildman–Crippen MR) is 38.7 cm³/mol. The molecule has 0 fully saturated rings. The van der Waals surface area contributed by atoms with Crippen LogP contribution in [0.2, 0.25) is 0 Å². The molecule has 0 aliphatic carbocycles. The summed E-state index contributed by atoms with van der Waals surface area (Å²) in [6, 6.07) is 0. The van der Waals surface area contributed by atoms with Crippen molar-refractivity contribution < 1.29 is 22.7 Å². The van der Waals surface area contributed by atoms with Crippen LogP contribution in [0.25, 0.3) is 0 Å². The zero-order valence-corrected chi connectivity index (χ0v) is 6.97. The third-order valence-electron chi connectivity index (χ3n) is 1.23. The van der Waals surface area contributed by atoms with Crippen LogP contribution in [-0.4, -0.2) is 23.1 Å². The van der Waals surface area contributed by atoms with Gasteiger partial charge in [-0.1, -0.05) is 0 Å². The van der Waals surface area contributed by atoms with E-state index < -0.39 is 18.1 Å². The second-order valence-electron chi connectivity index (χ2n) is 2.23. The van der Waals surface area contributed by atoms with E-state index >= 15 is 0 Å². The van der Waals surface area contributed by atoms with Crippen LogP contribution in [-0.2, 0) is 6.18 Å². The highest BCUT2D eigenvalue weighted by molar-refractivity contribution is 5.69. The van der Waals surface area contributed by atoms with Gasteiger partial charge in [0.05, 0.1) is 6.20 Å². The summed E-state index contributed by atoms with van der Waals surface area (Å²) < 4.78 is 40.3. The van der Waals surface area contributed by atoms with Gasteiger partial charge in [-0.15, -0.1) is 0 Å². The van der Waals surface area contributed by atoms with Crippen LogP contribution in [0, 0.1) is 0 Å². The summed E-state index contributed by atoms with van der Waals surface area (Å²) in [6.07, 6.45) is -4.68. The summed E-state index contributed by atoms with van der Waals surface area (Å²) in [7, 11) is 1.28. The summed E-state index contributed by atoms with van der Waals surface area (Å²) in [4.78, 5) is 15.4. The summed E-state index contributed by atoms with van der Waals surface area (Å²) in [5, 5.41) is 2.07. The minimum absolute atomic E-state index is 0.364. The number of alkyl halides is 3. The molecule has 0 unspecified atom stereocenters. The summed E-state index contributed by atoms with van der Waals surface area (Å²) in [5.41, 5.74) is 0. The lowest BCUT2D eigenvalue weighted by Gasteiger charge is -2.01. The fourth-order valence-electron chi connectivity index (χ4n) is 0.651. The van der Waals surface area contributed by atoms with Crippen molar-refractivity contribution in [3.63, 3.8) is 0 Å². The summed E-state index contributed by atoms with van der Waals surface area (Å²) in [6.45, 7) is 0. The molecule has 1 heterocycles. The Morgan fingerprint density at radius 1 is 1.64 bits per heavy atom. The molecule has 0 atom stereocenters. The fourth-order valence-corrected chi connectivity index (χ4v) is 0.651. The van der Waals surface area contributed by atoms with Gasteiger partial charge in [-0.3, -0.25) is 0 Å². The molecule has 0 aliphatic rings. The molecule has 1 aromatic heterocycles. The lowest BCUT2D eigenvalue weighted by atomic mass is 10.6. The predicted octanol–water partition coefficient (Wildman–Crippen LogP) is 1.15. The van der Waals surface area contributed by atoms with E-state index in [0.717, 1.165) is 6.20 Å². The van der Waals surface area contributed by atoms with Crippen LogP contribution in [0.5, 0.6) is 5.88 Å². The molecular weight excluding hydrogens is 203 g/mol. The van der Waals surface area contributed by atoms with Gasteiger partial charge in [-0.2, -0.15) is 13.2 Å². The van der Waals surface area contributed by atoms with Crippen molar-refractivity contribution >= 4 is 6.09 Å². The number of ether oxygens (including phenoxy) is 1. The van der Waals surface area contributed by atoms with E-state index in [1.54, 1.807) is 4.98 Å². The van der Waals surface area contributed by atoms with Crippen molar-refractivity contribution in [2.75, 3.05) is 7.05 Å². The van der Waals surface area contributed by atoms with E-state index in [1.165, 1.54) is 7.05 Å². The molecule has 2 N–H and O–H groups in total. The highest BCUT2D eigenvalue weighted by atomic mass is 19.4. The number of aromatic nitrogens is 2. The normalized spacial score (nSPS) is 11.1. The van der Waals surface area contributed by atoms with Crippen molar-refractivity contribution in [1.29, 1.82) is 0 Å². The maximum Gasteiger partial charge on any atom is 0.449 e. The Balaban J connectivity index is 2.74. The Morgan fingerprint density at radius 3 is 2.71 bits per heavy atom. The molecule has 0 aliphatic heterocycles. The number of hydrogen-bond acceptors (Lipinski definition) is 3. The smallest absolute Gasteiger partial charge is 0.392 e. The van der Waals surface area contributed by atoms with Gasteiger partial charge >= 0.3 is 12.3 Å². The molecule has 0 saturated carbocycles. The number of rotatable bonds is 1. The Labute approximate surface area is 76.3 Å². The highest BCUT2D eigenvalue weighted by Gasteiger charge is 2.34. The summed E-state index contributed by atoms with van der Waals surface area (Å²) in [5.74, 6) is -1.58. The van der Waals surface area contributed by atoms with Crippen molar-refractivity contribution in [1.82, 2.24) is 15.3 Å². The number of aromatic amines is 1. The van der Waals surface area contributed by atoms with Gasteiger partial charge in [0.25, 0.3) is 0 Å². The lowest BCUT2D eigenvalue weighted by Crippen LogP contribution is -2.22. The second kappa shape index (κ2) is 3.56. The van der Waals surface area contributed by atoms with Crippen molar-refractivity contribution in [3.8, 4) is 5.88 Å². The first kappa shape index (κ1) is 10.4. The largest absolute Gasteiger partial charge is 0.449 e. The molecule has 0 spiro atoms. The van der Waals surface area contributed by atoms with Gasteiger partial charge < -0.3 is 15.0 Å². The third kappa shape index (κ3) is 2.38. The van der Waals surface area contributed by atoms with Crippen LogP contribution in [0.3, 0.4) is 0 Å². The van der Waals surface area contributed by atoms with Crippen molar-refractivity contribution in [2.45, 2.75) is 6.18 Å². The molecule has 0 bridgehead atoms. The highest BCUT2D eigenvalue weighted by Crippen LogP contribution is 2.27. The molecule has 0 saturated heterocycles. The molecule has 14 heavy (non-hydrogen) atoms. The Bertz CT molecular complexity index is 333. The minimum atomic E-state index is -4.58. The molecule has 78 valence electrons. The number of carbonyl (C=O) groups is 1. The van der Waals surface area contributed by atoms with E-state index in [0.29, 0.717) is 0 Å². The number of halogens is 3. The van der Waals surface area contributed by atoms with Crippen LogP contribution in [0.15, 0.2) is 6.20 Å². The first-order valence-electron chi connectivity index (χ1n) is 3.45. The first-order chi connectivity index (χ1) is 6.43. The van der Waals surface area contributed by atoms with Gasteiger partial charge in [-0.05, 0) is 0 Å². The lowest BCUT2D eigenvalue weighted by molar-refractivity contribution is -0.144. The standard InChI is InChI=1S/C6H6F3N3O2/c1-10-5(13)14-3-2-11-4(12-3)6(7,8)9/h2H,1H3,(H,10,13)(H,11,12). The van der Waals surface area contributed by atoms with E-state index in [4.69, 9.17) is 0 Å². The maximum atomic E-state index is 12.0. The minimum Gasteiger partial charge on any atom is -0.392 e. The van der Waals surface area contributed by atoms with Crippen molar-refractivity contribution in [2.24, 2.45) is 0 Å². The van der Waals surface area contributed by atoms with Crippen molar-refractivity contribution in [3.05, 3.63) is 12.0 Å². The molecule has 1 aromatic rings. The number of H-pyrrole nitrogens is 1. The van der Waals surface area contributed by atoms with E-state index in [-0.39, 0.29) is 5.88 Å². The molecule has 1 rings (SSSR count). The van der Waals surface area contributed by atoms with E-state index in [1.807, 2.05) is 0 Å². The van der Waals surface area contributed by atoms with E-state index in [9.17, 15) is 18.0 Å². The van der Waals surface area contributed by atoms with Crippen LogP contribution < -0.4 is 10.1 Å². The summed E-state index contributed by atoms with van der Waals surface area (Å²) >= 11 is 0. The topological polar surface area (TPSA) is 67.0 Å². The zero-order valence-electron chi connectivity index (χ0n) is 6.97. The molecule has 1 amide bonds. The first-order valence-corrected chi connectivity index (χ1v) is 3.45. The second-order valence-corrected chi connectivity index (χ2v) is 2.23. The number of carbonyl (C=O) groups excluding carboxylic acids is 1. The quantitative estimate of drug-likeness (QED) is 0.728. The SMILES string of the molecule is CNC(=O)Oc1cnc(C(F)(F)F)[nH]1. The molecule has 8 heteroatoms. The molecule has 0 aromatic carbocycles. The number of hydrogen-bond donors (Lipinski definition) is 2. The average molecular weight is 209 g/mol. The number of nitrogens with zero attached hydrogens (tertiary/aromatic N) is 1. The van der Waals surface area contributed by atoms with E-state index in [2.05, 4.69) is 15.0 Å². The monoisotopic (exact) mass is 209 g/mol. The van der Waals surface area contributed by atoms with Gasteiger partial charge in [0.2, 0.25) is 11.7 Å². The number of imidazole rings is 1.